The minimum atomic E-state index is 0.572. The summed E-state index contributed by atoms with van der Waals surface area (Å²) in [6.07, 6.45) is 0.890. The third-order valence-corrected chi connectivity index (χ3v) is 2.28. The Hall–Kier alpha value is -1.06. The predicted octanol–water partition coefficient (Wildman–Crippen LogP) is 2.24. The molecule has 3 nitrogen and oxygen atoms in total. The Labute approximate surface area is 104 Å². The van der Waals surface area contributed by atoms with E-state index in [0.29, 0.717) is 25.7 Å². The molecule has 0 fully saturated rings. The summed E-state index contributed by atoms with van der Waals surface area (Å²) in [6, 6.07) is 8.06. The SMILES string of the molecule is CC(C)COCCOc1cccc(CCN)c1. The molecule has 0 radical (unpaired) electrons. The van der Waals surface area contributed by atoms with Crippen LogP contribution in [0.4, 0.5) is 0 Å². The van der Waals surface area contributed by atoms with Crippen LogP contribution in [0.1, 0.15) is 19.4 Å². The van der Waals surface area contributed by atoms with Crippen LogP contribution in [-0.2, 0) is 11.2 Å². The number of hydrogen-bond donors (Lipinski definition) is 1. The summed E-state index contributed by atoms with van der Waals surface area (Å²) in [5.41, 5.74) is 6.73. The number of rotatable bonds is 8. The van der Waals surface area contributed by atoms with Crippen LogP contribution in [0.25, 0.3) is 0 Å². The Morgan fingerprint density at radius 1 is 1.24 bits per heavy atom. The second-order valence-corrected chi connectivity index (χ2v) is 4.50. The number of ether oxygens (including phenoxy) is 2. The zero-order valence-electron chi connectivity index (χ0n) is 10.8. The van der Waals surface area contributed by atoms with Gasteiger partial charge in [0.2, 0.25) is 0 Å². The zero-order valence-corrected chi connectivity index (χ0v) is 10.8. The summed E-state index contributed by atoms with van der Waals surface area (Å²) in [5.74, 6) is 1.46. The molecule has 0 unspecified atom stereocenters. The third-order valence-electron chi connectivity index (χ3n) is 2.28. The van der Waals surface area contributed by atoms with Gasteiger partial charge in [-0.2, -0.15) is 0 Å². The molecule has 2 N–H and O–H groups in total. The van der Waals surface area contributed by atoms with E-state index in [4.69, 9.17) is 15.2 Å². The molecule has 0 atom stereocenters. The van der Waals surface area contributed by atoms with Crippen molar-refractivity contribution in [1.29, 1.82) is 0 Å². The van der Waals surface area contributed by atoms with Gasteiger partial charge in [-0.25, -0.2) is 0 Å². The first kappa shape index (κ1) is 14.0. The molecule has 0 bridgehead atoms. The molecule has 3 heteroatoms. The molecule has 96 valence electrons. The van der Waals surface area contributed by atoms with Gasteiger partial charge in [0.15, 0.2) is 0 Å². The highest BCUT2D eigenvalue weighted by molar-refractivity contribution is 5.28. The molecule has 17 heavy (non-hydrogen) atoms. The van der Waals surface area contributed by atoms with Crippen LogP contribution in [0.2, 0.25) is 0 Å². The molecule has 0 amide bonds. The van der Waals surface area contributed by atoms with Gasteiger partial charge in [-0.15, -0.1) is 0 Å². The lowest BCUT2D eigenvalue weighted by molar-refractivity contribution is 0.0819. The quantitative estimate of drug-likeness (QED) is 0.705. The number of benzene rings is 1. The van der Waals surface area contributed by atoms with Crippen LogP contribution in [-0.4, -0.2) is 26.4 Å². The number of hydrogen-bond acceptors (Lipinski definition) is 3. The van der Waals surface area contributed by atoms with E-state index in [9.17, 15) is 0 Å². The van der Waals surface area contributed by atoms with Crippen molar-refractivity contribution in [2.24, 2.45) is 11.7 Å². The largest absolute Gasteiger partial charge is 0.491 e. The number of nitrogens with two attached hydrogens (primary N) is 1. The normalized spacial score (nSPS) is 10.8. The molecule has 0 aromatic heterocycles. The standard InChI is InChI=1S/C14H23NO2/c1-12(2)11-16-8-9-17-14-5-3-4-13(10-14)6-7-15/h3-5,10,12H,6-9,11,15H2,1-2H3. The van der Waals surface area contributed by atoms with Gasteiger partial charge in [0.05, 0.1) is 6.61 Å². The maximum Gasteiger partial charge on any atom is 0.119 e. The molecule has 0 spiro atoms. The summed E-state index contributed by atoms with van der Waals surface area (Å²) < 4.78 is 11.1. The summed E-state index contributed by atoms with van der Waals surface area (Å²) in [7, 11) is 0. The smallest absolute Gasteiger partial charge is 0.119 e. The first-order valence-corrected chi connectivity index (χ1v) is 6.22. The fourth-order valence-corrected chi connectivity index (χ4v) is 1.49. The minimum absolute atomic E-state index is 0.572. The summed E-state index contributed by atoms with van der Waals surface area (Å²) in [6.45, 7) is 6.96. The van der Waals surface area contributed by atoms with Crippen molar-refractivity contribution in [3.63, 3.8) is 0 Å². The van der Waals surface area contributed by atoms with E-state index in [0.717, 1.165) is 18.8 Å². The molecule has 1 aromatic rings. The fraction of sp³-hybridized carbons (Fsp3) is 0.571. The summed E-state index contributed by atoms with van der Waals surface area (Å²) in [5, 5.41) is 0. The average molecular weight is 237 g/mol. The third kappa shape index (κ3) is 6.29. The molecule has 1 rings (SSSR count). The van der Waals surface area contributed by atoms with E-state index in [1.165, 1.54) is 5.56 Å². The average Bonchev–Trinajstić information content (AvgIpc) is 2.29. The maximum absolute atomic E-state index is 5.61. The van der Waals surface area contributed by atoms with Crippen molar-refractivity contribution in [1.82, 2.24) is 0 Å². The lowest BCUT2D eigenvalue weighted by Gasteiger charge is -2.09. The van der Waals surface area contributed by atoms with E-state index >= 15 is 0 Å². The van der Waals surface area contributed by atoms with Gasteiger partial charge in [0.1, 0.15) is 12.4 Å². The van der Waals surface area contributed by atoms with E-state index in [1.807, 2.05) is 18.2 Å². The molecule has 0 aliphatic carbocycles. The van der Waals surface area contributed by atoms with Crippen LogP contribution in [0.5, 0.6) is 5.75 Å². The van der Waals surface area contributed by atoms with Crippen LogP contribution in [0.3, 0.4) is 0 Å². The van der Waals surface area contributed by atoms with Crippen LogP contribution in [0, 0.1) is 5.92 Å². The highest BCUT2D eigenvalue weighted by Gasteiger charge is 1.97. The maximum atomic E-state index is 5.61. The minimum Gasteiger partial charge on any atom is -0.491 e. The fourth-order valence-electron chi connectivity index (χ4n) is 1.49. The molecule has 0 saturated carbocycles. The highest BCUT2D eigenvalue weighted by Crippen LogP contribution is 2.13. The van der Waals surface area contributed by atoms with Gasteiger partial charge in [0.25, 0.3) is 0 Å². The molecule has 0 heterocycles. The Morgan fingerprint density at radius 3 is 2.76 bits per heavy atom. The topological polar surface area (TPSA) is 44.5 Å². The Balaban J connectivity index is 2.24. The lowest BCUT2D eigenvalue weighted by Crippen LogP contribution is -2.10. The predicted molar refractivity (Wildman–Crippen MR) is 70.4 cm³/mol. The van der Waals surface area contributed by atoms with Gasteiger partial charge in [-0.3, -0.25) is 0 Å². The van der Waals surface area contributed by atoms with Crippen molar-refractivity contribution in [3.8, 4) is 5.75 Å². The Morgan fingerprint density at radius 2 is 2.06 bits per heavy atom. The molecular formula is C14H23NO2. The first-order valence-electron chi connectivity index (χ1n) is 6.22. The van der Waals surface area contributed by atoms with Crippen LogP contribution in [0.15, 0.2) is 24.3 Å². The Kier molecular flexibility index (Phi) is 6.67. The molecule has 1 aromatic carbocycles. The van der Waals surface area contributed by atoms with Gasteiger partial charge in [-0.1, -0.05) is 26.0 Å². The van der Waals surface area contributed by atoms with Crippen molar-refractivity contribution in [3.05, 3.63) is 29.8 Å². The van der Waals surface area contributed by atoms with Crippen LogP contribution >= 0.6 is 0 Å². The molecular weight excluding hydrogens is 214 g/mol. The van der Waals surface area contributed by atoms with Crippen molar-refractivity contribution < 1.29 is 9.47 Å². The van der Waals surface area contributed by atoms with Crippen molar-refractivity contribution in [2.45, 2.75) is 20.3 Å². The Bertz CT molecular complexity index is 313. The van der Waals surface area contributed by atoms with E-state index < -0.39 is 0 Å². The second kappa shape index (κ2) is 8.09. The van der Waals surface area contributed by atoms with Crippen molar-refractivity contribution >= 4 is 0 Å². The van der Waals surface area contributed by atoms with Gasteiger partial charge >= 0.3 is 0 Å². The second-order valence-electron chi connectivity index (χ2n) is 4.50. The zero-order chi connectivity index (χ0) is 12.5. The van der Waals surface area contributed by atoms with E-state index in [-0.39, 0.29) is 0 Å². The van der Waals surface area contributed by atoms with Gasteiger partial charge < -0.3 is 15.2 Å². The lowest BCUT2D eigenvalue weighted by atomic mass is 10.1. The van der Waals surface area contributed by atoms with Gasteiger partial charge in [-0.05, 0) is 36.6 Å². The first-order chi connectivity index (χ1) is 8.22. The van der Waals surface area contributed by atoms with E-state index in [1.54, 1.807) is 0 Å². The summed E-state index contributed by atoms with van der Waals surface area (Å²) >= 11 is 0. The van der Waals surface area contributed by atoms with Crippen LogP contribution < -0.4 is 10.5 Å². The summed E-state index contributed by atoms with van der Waals surface area (Å²) in [4.78, 5) is 0. The van der Waals surface area contributed by atoms with E-state index in [2.05, 4.69) is 19.9 Å². The monoisotopic (exact) mass is 237 g/mol. The molecule has 0 aliphatic rings. The molecule has 0 saturated heterocycles. The van der Waals surface area contributed by atoms with Gasteiger partial charge in [0, 0.05) is 6.61 Å². The highest BCUT2D eigenvalue weighted by atomic mass is 16.5. The molecule has 0 aliphatic heterocycles. The van der Waals surface area contributed by atoms with Crippen molar-refractivity contribution in [2.75, 3.05) is 26.4 Å².